The molecule has 1 aromatic carbocycles. The van der Waals surface area contributed by atoms with Crippen molar-refractivity contribution in [3.63, 3.8) is 0 Å². The van der Waals surface area contributed by atoms with E-state index in [2.05, 4.69) is 53.6 Å². The summed E-state index contributed by atoms with van der Waals surface area (Å²) in [7, 11) is 2.17. The maximum Gasteiger partial charge on any atom is 0.252 e. The van der Waals surface area contributed by atoms with Crippen molar-refractivity contribution in [2.45, 2.75) is 64.5 Å². The summed E-state index contributed by atoms with van der Waals surface area (Å²) in [5.74, 6) is 0.428. The van der Waals surface area contributed by atoms with E-state index in [9.17, 15) is 4.79 Å². The Morgan fingerprint density at radius 1 is 1.19 bits per heavy atom. The number of hydrogen-bond acceptors (Lipinski definition) is 5. The highest BCUT2D eigenvalue weighted by Crippen LogP contribution is 2.35. The lowest BCUT2D eigenvalue weighted by Crippen LogP contribution is -2.32. The molecule has 3 aromatic rings. The molecule has 0 atom stereocenters. The highest BCUT2D eigenvalue weighted by atomic mass is 16.5. The molecule has 1 N–H and O–H groups in total. The summed E-state index contributed by atoms with van der Waals surface area (Å²) in [6.07, 6.45) is 9.67. The number of nitrogens with one attached hydrogen (secondary N) is 1. The monoisotopic (exact) mass is 489 g/mol. The van der Waals surface area contributed by atoms with Gasteiger partial charge in [0.2, 0.25) is 0 Å². The van der Waals surface area contributed by atoms with E-state index in [1.807, 2.05) is 16.9 Å². The van der Waals surface area contributed by atoms with Gasteiger partial charge in [0.15, 0.2) is 5.65 Å². The topological polar surface area (TPSA) is 72.3 Å². The lowest BCUT2D eigenvalue weighted by atomic mass is 9.93. The van der Waals surface area contributed by atoms with Gasteiger partial charge < -0.3 is 15.0 Å². The van der Waals surface area contributed by atoms with Gasteiger partial charge in [0.1, 0.15) is 0 Å². The predicted octanol–water partition coefficient (Wildman–Crippen LogP) is 5.21. The van der Waals surface area contributed by atoms with Crippen molar-refractivity contribution in [2.24, 2.45) is 5.92 Å². The minimum atomic E-state index is -0.0428. The minimum Gasteiger partial charge on any atom is -0.381 e. The lowest BCUT2D eigenvalue weighted by molar-refractivity contribution is 0.0643. The molecule has 3 heterocycles. The Bertz CT molecular complexity index is 1180. The number of nitrogens with zero attached hydrogens (tertiary/aromatic N) is 4. The molecule has 36 heavy (non-hydrogen) atoms. The van der Waals surface area contributed by atoms with Crippen LogP contribution in [0.3, 0.4) is 0 Å². The van der Waals surface area contributed by atoms with Crippen LogP contribution in [-0.2, 0) is 11.3 Å². The highest BCUT2D eigenvalue weighted by Gasteiger charge is 2.25. The first kappa shape index (κ1) is 24.9. The SMILES string of the molecule is CCCCN(C)Cc1cccc(-c2cc(C(=O)NCC3CCOCC3)c3cnn(C4CCC4)c3n2)c1. The van der Waals surface area contributed by atoms with Crippen LogP contribution in [0.25, 0.3) is 22.3 Å². The van der Waals surface area contributed by atoms with Gasteiger partial charge in [-0.2, -0.15) is 5.10 Å². The maximum absolute atomic E-state index is 13.4. The number of pyridine rings is 1. The van der Waals surface area contributed by atoms with E-state index in [0.29, 0.717) is 24.1 Å². The van der Waals surface area contributed by atoms with Crippen LogP contribution >= 0.6 is 0 Å². The third-order valence-electron chi connectivity index (χ3n) is 7.69. The molecule has 0 spiro atoms. The van der Waals surface area contributed by atoms with Crippen molar-refractivity contribution in [3.05, 3.63) is 47.7 Å². The number of ether oxygens (including phenoxy) is 1. The number of benzene rings is 1. The summed E-state index contributed by atoms with van der Waals surface area (Å²) >= 11 is 0. The molecule has 0 bridgehead atoms. The Balaban J connectivity index is 1.45. The van der Waals surface area contributed by atoms with Crippen molar-refractivity contribution >= 4 is 16.9 Å². The maximum atomic E-state index is 13.4. The van der Waals surface area contributed by atoms with Gasteiger partial charge >= 0.3 is 0 Å². The summed E-state index contributed by atoms with van der Waals surface area (Å²) < 4.78 is 7.51. The third-order valence-corrected chi connectivity index (χ3v) is 7.69. The van der Waals surface area contributed by atoms with Crippen LogP contribution in [0.4, 0.5) is 0 Å². The second-order valence-electron chi connectivity index (χ2n) is 10.5. The average molecular weight is 490 g/mol. The number of aromatic nitrogens is 3. The fourth-order valence-electron chi connectivity index (χ4n) is 5.18. The van der Waals surface area contributed by atoms with Crippen molar-refractivity contribution in [3.8, 4) is 11.3 Å². The molecule has 1 aliphatic heterocycles. The van der Waals surface area contributed by atoms with Crippen LogP contribution in [0.2, 0.25) is 0 Å². The molecule has 2 aromatic heterocycles. The molecule has 0 unspecified atom stereocenters. The van der Waals surface area contributed by atoms with Crippen LogP contribution in [0.15, 0.2) is 36.5 Å². The lowest BCUT2D eigenvalue weighted by Gasteiger charge is -2.26. The van der Waals surface area contributed by atoms with Gasteiger partial charge in [0, 0.05) is 31.9 Å². The van der Waals surface area contributed by atoms with Crippen molar-refractivity contribution in [2.75, 3.05) is 33.4 Å². The van der Waals surface area contributed by atoms with Crippen LogP contribution in [0.1, 0.15) is 73.8 Å². The summed E-state index contributed by atoms with van der Waals surface area (Å²) in [4.78, 5) is 20.9. The highest BCUT2D eigenvalue weighted by molar-refractivity contribution is 6.06. The van der Waals surface area contributed by atoms with E-state index in [1.165, 1.54) is 24.8 Å². The zero-order valence-electron chi connectivity index (χ0n) is 21.7. The molecule has 0 radical (unpaired) electrons. The average Bonchev–Trinajstić information content (AvgIpc) is 3.28. The first-order valence-electron chi connectivity index (χ1n) is 13.6. The molecule has 7 heteroatoms. The Morgan fingerprint density at radius 3 is 2.78 bits per heavy atom. The summed E-state index contributed by atoms with van der Waals surface area (Å²) in [5.41, 5.74) is 4.61. The Hall–Kier alpha value is -2.77. The van der Waals surface area contributed by atoms with Crippen LogP contribution in [0, 0.1) is 5.92 Å². The predicted molar refractivity (Wildman–Crippen MR) is 143 cm³/mol. The summed E-state index contributed by atoms with van der Waals surface area (Å²) in [6, 6.07) is 10.9. The van der Waals surface area contributed by atoms with Crippen molar-refractivity contribution < 1.29 is 9.53 Å². The number of carbonyl (C=O) groups is 1. The molecule has 1 aliphatic carbocycles. The minimum absolute atomic E-state index is 0.0428. The summed E-state index contributed by atoms with van der Waals surface area (Å²) in [6.45, 7) is 6.45. The Kier molecular flexibility index (Phi) is 7.97. The van der Waals surface area contributed by atoms with Gasteiger partial charge in [-0.1, -0.05) is 31.5 Å². The quantitative estimate of drug-likeness (QED) is 0.423. The van der Waals surface area contributed by atoms with Gasteiger partial charge in [-0.25, -0.2) is 9.67 Å². The van der Waals surface area contributed by atoms with Crippen LogP contribution in [-0.4, -0.2) is 58.9 Å². The van der Waals surface area contributed by atoms with Crippen LogP contribution in [0.5, 0.6) is 0 Å². The van der Waals surface area contributed by atoms with Gasteiger partial charge in [0.05, 0.1) is 28.9 Å². The zero-order chi connectivity index (χ0) is 24.9. The van der Waals surface area contributed by atoms with Gasteiger partial charge in [-0.3, -0.25) is 4.79 Å². The van der Waals surface area contributed by atoms with E-state index in [0.717, 1.165) is 74.3 Å². The molecule has 5 rings (SSSR count). The second-order valence-corrected chi connectivity index (χ2v) is 10.5. The number of unbranched alkanes of at least 4 members (excludes halogenated alkanes) is 1. The normalized spacial score (nSPS) is 17.0. The smallest absolute Gasteiger partial charge is 0.252 e. The van der Waals surface area contributed by atoms with Crippen molar-refractivity contribution in [1.82, 2.24) is 25.0 Å². The van der Waals surface area contributed by atoms with E-state index in [4.69, 9.17) is 9.72 Å². The summed E-state index contributed by atoms with van der Waals surface area (Å²) in [5, 5.41) is 8.72. The largest absolute Gasteiger partial charge is 0.381 e. The number of fused-ring (bicyclic) bond motifs is 1. The van der Waals surface area contributed by atoms with Gasteiger partial charge in [-0.15, -0.1) is 0 Å². The first-order valence-corrected chi connectivity index (χ1v) is 13.6. The Labute approximate surface area is 214 Å². The fraction of sp³-hybridized carbons (Fsp3) is 0.552. The van der Waals surface area contributed by atoms with E-state index < -0.39 is 0 Å². The molecule has 1 saturated heterocycles. The van der Waals surface area contributed by atoms with Gasteiger partial charge in [-0.05, 0) is 75.7 Å². The van der Waals surface area contributed by atoms with E-state index in [1.54, 1.807) is 0 Å². The first-order chi connectivity index (χ1) is 17.6. The molecule has 1 amide bonds. The van der Waals surface area contributed by atoms with E-state index in [-0.39, 0.29) is 5.91 Å². The number of carbonyl (C=O) groups excluding carboxylic acids is 1. The molecular weight excluding hydrogens is 450 g/mol. The number of hydrogen-bond donors (Lipinski definition) is 1. The Morgan fingerprint density at radius 2 is 2.03 bits per heavy atom. The molecule has 2 fully saturated rings. The van der Waals surface area contributed by atoms with Crippen LogP contribution < -0.4 is 5.32 Å². The molecule has 2 aliphatic rings. The molecule has 1 saturated carbocycles. The van der Waals surface area contributed by atoms with Gasteiger partial charge in [0.25, 0.3) is 5.91 Å². The molecule has 7 nitrogen and oxygen atoms in total. The fourth-order valence-corrected chi connectivity index (χ4v) is 5.18. The van der Waals surface area contributed by atoms with E-state index >= 15 is 0 Å². The number of amides is 1. The van der Waals surface area contributed by atoms with Crippen molar-refractivity contribution in [1.29, 1.82) is 0 Å². The zero-order valence-corrected chi connectivity index (χ0v) is 21.7. The molecular formula is C29H39N5O2. The second kappa shape index (κ2) is 11.5. The third kappa shape index (κ3) is 5.62. The standard InChI is InChI=1S/C29H39N5O2/c1-3-4-13-33(2)20-22-7-5-8-23(16-22)27-17-25(29(35)30-18-21-11-14-36-15-12-21)26-19-31-34(28(26)32-27)24-9-6-10-24/h5,7-8,16-17,19,21,24H,3-4,6,9-15,18,20H2,1-2H3,(H,30,35). The number of rotatable bonds is 10. The molecule has 192 valence electrons.